The van der Waals surface area contributed by atoms with E-state index in [2.05, 4.69) is 0 Å². The van der Waals surface area contributed by atoms with Crippen molar-refractivity contribution < 1.29 is 14.3 Å². The largest absolute Gasteiger partial charge is 0.496 e. The van der Waals surface area contributed by atoms with Gasteiger partial charge >= 0.3 is 0 Å². The first kappa shape index (κ1) is 14.9. The van der Waals surface area contributed by atoms with Crippen LogP contribution < -0.4 is 4.74 Å². The summed E-state index contributed by atoms with van der Waals surface area (Å²) in [5.74, 6) is 0.601. The van der Waals surface area contributed by atoms with E-state index in [0.29, 0.717) is 16.3 Å². The lowest BCUT2D eigenvalue weighted by atomic mass is 10.1. The zero-order valence-electron chi connectivity index (χ0n) is 9.05. The SMILES string of the molecule is C=O.COc1cc(C)cc(Cl)c1CC(=O)Cl. The topological polar surface area (TPSA) is 43.4 Å². The second-order valence-electron chi connectivity index (χ2n) is 2.96. The van der Waals surface area contributed by atoms with E-state index in [0.717, 1.165) is 5.56 Å². The molecule has 0 atom stereocenters. The highest BCUT2D eigenvalue weighted by Crippen LogP contribution is 2.29. The van der Waals surface area contributed by atoms with Crippen molar-refractivity contribution in [3.8, 4) is 5.75 Å². The van der Waals surface area contributed by atoms with Gasteiger partial charge in [0, 0.05) is 10.6 Å². The number of aryl methyl sites for hydroxylation is 1. The number of ether oxygens (including phenoxy) is 1. The van der Waals surface area contributed by atoms with Gasteiger partial charge in [0.1, 0.15) is 12.5 Å². The molecule has 0 aliphatic rings. The molecule has 16 heavy (non-hydrogen) atoms. The maximum absolute atomic E-state index is 10.8. The molecule has 5 heteroatoms. The van der Waals surface area contributed by atoms with Gasteiger partial charge in [-0.15, -0.1) is 0 Å². The van der Waals surface area contributed by atoms with Crippen LogP contribution in [0.2, 0.25) is 5.02 Å². The molecule has 0 saturated carbocycles. The Morgan fingerprint density at radius 3 is 2.44 bits per heavy atom. The first-order chi connectivity index (χ1) is 7.54. The molecular formula is C11H12Cl2O3. The molecule has 1 aromatic carbocycles. The number of benzene rings is 1. The van der Waals surface area contributed by atoms with Gasteiger partial charge in [-0.05, 0) is 36.2 Å². The van der Waals surface area contributed by atoms with Crippen molar-refractivity contribution in [2.45, 2.75) is 13.3 Å². The van der Waals surface area contributed by atoms with Gasteiger partial charge < -0.3 is 9.53 Å². The Morgan fingerprint density at radius 1 is 1.44 bits per heavy atom. The third kappa shape index (κ3) is 4.21. The van der Waals surface area contributed by atoms with E-state index in [1.165, 1.54) is 7.11 Å². The molecule has 0 saturated heterocycles. The molecule has 0 spiro atoms. The number of rotatable bonds is 3. The summed E-state index contributed by atoms with van der Waals surface area (Å²) in [6, 6.07) is 3.60. The van der Waals surface area contributed by atoms with Gasteiger partial charge in [-0.1, -0.05) is 11.6 Å². The fraction of sp³-hybridized carbons (Fsp3) is 0.273. The molecule has 0 aliphatic heterocycles. The van der Waals surface area contributed by atoms with Crippen molar-refractivity contribution in [1.82, 2.24) is 0 Å². The standard InChI is InChI=1S/C10H10Cl2O2.CH2O/c1-6-3-8(11)7(5-10(12)13)9(4-6)14-2;1-2/h3-4H,5H2,1-2H3;1H2. The maximum atomic E-state index is 10.8. The van der Waals surface area contributed by atoms with E-state index in [1.54, 1.807) is 6.07 Å². The molecule has 1 aromatic rings. The average molecular weight is 263 g/mol. The van der Waals surface area contributed by atoms with Gasteiger partial charge in [-0.3, -0.25) is 4.79 Å². The quantitative estimate of drug-likeness (QED) is 0.787. The second-order valence-corrected chi connectivity index (χ2v) is 3.79. The van der Waals surface area contributed by atoms with Gasteiger partial charge in [0.05, 0.1) is 13.5 Å². The summed E-state index contributed by atoms with van der Waals surface area (Å²) in [5.41, 5.74) is 1.62. The van der Waals surface area contributed by atoms with Crippen LogP contribution in [0, 0.1) is 6.92 Å². The summed E-state index contributed by atoms with van der Waals surface area (Å²) >= 11 is 11.3. The molecule has 0 aromatic heterocycles. The molecule has 0 fully saturated rings. The van der Waals surface area contributed by atoms with E-state index in [-0.39, 0.29) is 6.42 Å². The minimum Gasteiger partial charge on any atom is -0.496 e. The molecule has 0 N–H and O–H groups in total. The summed E-state index contributed by atoms with van der Waals surface area (Å²) < 4.78 is 5.11. The molecule has 88 valence electrons. The Labute approximate surface area is 104 Å². The normalized spacial score (nSPS) is 9.00. The number of carbonyl (C=O) groups excluding carboxylic acids is 2. The summed E-state index contributed by atoms with van der Waals surface area (Å²) in [7, 11) is 1.54. The summed E-state index contributed by atoms with van der Waals surface area (Å²) in [6.07, 6.45) is 0.0871. The van der Waals surface area contributed by atoms with Gasteiger partial charge in [0.2, 0.25) is 5.24 Å². The van der Waals surface area contributed by atoms with E-state index in [9.17, 15) is 4.79 Å². The third-order valence-electron chi connectivity index (χ3n) is 1.83. The van der Waals surface area contributed by atoms with Crippen LogP contribution in [0.15, 0.2) is 12.1 Å². The minimum atomic E-state index is -0.450. The number of methoxy groups -OCH3 is 1. The van der Waals surface area contributed by atoms with Crippen molar-refractivity contribution in [1.29, 1.82) is 0 Å². The molecule has 3 nitrogen and oxygen atoms in total. The average Bonchev–Trinajstić information content (AvgIpc) is 2.24. The fourth-order valence-electron chi connectivity index (χ4n) is 1.23. The number of hydrogen-bond acceptors (Lipinski definition) is 3. The molecule has 0 heterocycles. The van der Waals surface area contributed by atoms with Crippen LogP contribution in [-0.2, 0) is 16.0 Å². The van der Waals surface area contributed by atoms with Crippen LogP contribution in [0.3, 0.4) is 0 Å². The first-order valence-corrected chi connectivity index (χ1v) is 5.10. The predicted octanol–water partition coefficient (Wildman–Crippen LogP) is 2.78. The maximum Gasteiger partial charge on any atom is 0.226 e. The van der Waals surface area contributed by atoms with Crippen molar-refractivity contribution in [3.05, 3.63) is 28.3 Å². The van der Waals surface area contributed by atoms with Gasteiger partial charge in [0.15, 0.2) is 0 Å². The van der Waals surface area contributed by atoms with Crippen LogP contribution in [-0.4, -0.2) is 19.1 Å². The van der Waals surface area contributed by atoms with Crippen LogP contribution in [0.5, 0.6) is 5.75 Å². The molecule has 0 amide bonds. The Bertz CT molecular complexity index is 378. The molecule has 0 unspecified atom stereocenters. The van der Waals surface area contributed by atoms with E-state index < -0.39 is 5.24 Å². The summed E-state index contributed by atoms with van der Waals surface area (Å²) in [5, 5.41) is 0.0601. The number of carbonyl (C=O) groups is 2. The van der Waals surface area contributed by atoms with Crippen LogP contribution in [0.4, 0.5) is 0 Å². The highest BCUT2D eigenvalue weighted by molar-refractivity contribution is 6.63. The fourth-order valence-corrected chi connectivity index (χ4v) is 1.70. The lowest BCUT2D eigenvalue weighted by Gasteiger charge is -2.09. The van der Waals surface area contributed by atoms with Gasteiger partial charge in [0.25, 0.3) is 0 Å². The Kier molecular flexibility index (Phi) is 6.77. The Balaban J connectivity index is 0.00000106. The monoisotopic (exact) mass is 262 g/mol. The lowest BCUT2D eigenvalue weighted by molar-refractivity contribution is -0.111. The lowest BCUT2D eigenvalue weighted by Crippen LogP contribution is -1.99. The summed E-state index contributed by atoms with van der Waals surface area (Å²) in [4.78, 5) is 18.8. The molecule has 0 aliphatic carbocycles. The third-order valence-corrected chi connectivity index (χ3v) is 2.31. The minimum absolute atomic E-state index is 0.0871. The van der Waals surface area contributed by atoms with E-state index in [1.807, 2.05) is 19.8 Å². The van der Waals surface area contributed by atoms with Crippen molar-refractivity contribution in [2.24, 2.45) is 0 Å². The van der Waals surface area contributed by atoms with E-state index >= 15 is 0 Å². The Morgan fingerprint density at radius 2 is 2.00 bits per heavy atom. The van der Waals surface area contributed by atoms with Crippen LogP contribution >= 0.6 is 23.2 Å². The zero-order valence-corrected chi connectivity index (χ0v) is 10.6. The Hall–Kier alpha value is -1.06. The molecule has 0 bridgehead atoms. The summed E-state index contributed by atoms with van der Waals surface area (Å²) in [6.45, 7) is 3.90. The van der Waals surface area contributed by atoms with Crippen LogP contribution in [0.1, 0.15) is 11.1 Å². The van der Waals surface area contributed by atoms with Crippen LogP contribution in [0.25, 0.3) is 0 Å². The van der Waals surface area contributed by atoms with Gasteiger partial charge in [-0.25, -0.2) is 0 Å². The highest BCUT2D eigenvalue weighted by atomic mass is 35.5. The van der Waals surface area contributed by atoms with Crippen molar-refractivity contribution >= 4 is 35.2 Å². The predicted molar refractivity (Wildman–Crippen MR) is 64.4 cm³/mol. The van der Waals surface area contributed by atoms with Gasteiger partial charge in [-0.2, -0.15) is 0 Å². The number of halogens is 2. The number of hydrogen-bond donors (Lipinski definition) is 0. The highest BCUT2D eigenvalue weighted by Gasteiger charge is 2.11. The van der Waals surface area contributed by atoms with Crippen molar-refractivity contribution in [3.63, 3.8) is 0 Å². The second kappa shape index (κ2) is 7.25. The molecule has 1 rings (SSSR count). The first-order valence-electron chi connectivity index (χ1n) is 4.34. The van der Waals surface area contributed by atoms with Crippen molar-refractivity contribution in [2.75, 3.05) is 7.11 Å². The molecule has 0 radical (unpaired) electrons. The van der Waals surface area contributed by atoms with E-state index in [4.69, 9.17) is 32.7 Å². The zero-order chi connectivity index (χ0) is 12.7. The smallest absolute Gasteiger partial charge is 0.226 e. The molecular weight excluding hydrogens is 251 g/mol.